The van der Waals surface area contributed by atoms with Gasteiger partial charge < -0.3 is 4.74 Å². The highest BCUT2D eigenvalue weighted by Gasteiger charge is 2.30. The van der Waals surface area contributed by atoms with Gasteiger partial charge in [0.25, 0.3) is 0 Å². The van der Waals surface area contributed by atoms with Crippen LogP contribution < -0.4 is 4.90 Å². The molecular formula is C12H16ClNO2. The number of para-hydroxylation sites is 1. The van der Waals surface area contributed by atoms with Gasteiger partial charge in [0.1, 0.15) is 0 Å². The third kappa shape index (κ3) is 2.67. The molecule has 4 heteroatoms. The predicted octanol–water partition coefficient (Wildman–Crippen LogP) is 3.71. The van der Waals surface area contributed by atoms with Crippen molar-refractivity contribution >= 4 is 23.4 Å². The monoisotopic (exact) mass is 241 g/mol. The summed E-state index contributed by atoms with van der Waals surface area (Å²) in [4.78, 5) is 13.3. The van der Waals surface area contributed by atoms with E-state index in [1.165, 1.54) is 12.0 Å². The van der Waals surface area contributed by atoms with Crippen molar-refractivity contribution in [1.29, 1.82) is 0 Å². The molecule has 0 aliphatic rings. The van der Waals surface area contributed by atoms with E-state index in [0.29, 0.717) is 10.7 Å². The van der Waals surface area contributed by atoms with Gasteiger partial charge in [0.2, 0.25) is 0 Å². The Morgan fingerprint density at radius 2 is 1.88 bits per heavy atom. The molecule has 0 spiro atoms. The van der Waals surface area contributed by atoms with Crippen LogP contribution in [0.1, 0.15) is 20.8 Å². The van der Waals surface area contributed by atoms with E-state index >= 15 is 0 Å². The zero-order chi connectivity index (χ0) is 12.3. The lowest BCUT2D eigenvalue weighted by atomic mass is 10.1. The summed E-state index contributed by atoms with van der Waals surface area (Å²) in [6.45, 7) is 5.77. The highest BCUT2D eigenvalue weighted by molar-refractivity contribution is 6.33. The van der Waals surface area contributed by atoms with Crippen molar-refractivity contribution in [3.8, 4) is 0 Å². The van der Waals surface area contributed by atoms with E-state index in [9.17, 15) is 4.79 Å². The van der Waals surface area contributed by atoms with Crippen LogP contribution >= 0.6 is 11.6 Å². The predicted molar refractivity (Wildman–Crippen MR) is 66.1 cm³/mol. The second kappa shape index (κ2) is 4.74. The number of halogens is 1. The zero-order valence-corrected chi connectivity index (χ0v) is 10.7. The van der Waals surface area contributed by atoms with Crippen LogP contribution in [0.5, 0.6) is 0 Å². The van der Waals surface area contributed by atoms with Crippen molar-refractivity contribution in [2.75, 3.05) is 12.0 Å². The molecule has 0 N–H and O–H groups in total. The van der Waals surface area contributed by atoms with Crippen LogP contribution in [0.2, 0.25) is 5.02 Å². The van der Waals surface area contributed by atoms with Gasteiger partial charge in [-0.1, -0.05) is 23.7 Å². The van der Waals surface area contributed by atoms with Crippen LogP contribution in [0.3, 0.4) is 0 Å². The molecule has 0 aliphatic heterocycles. The highest BCUT2D eigenvalue weighted by Crippen LogP contribution is 2.31. The number of anilines is 1. The molecule has 1 aromatic carbocycles. The lowest BCUT2D eigenvalue weighted by Crippen LogP contribution is -2.46. The topological polar surface area (TPSA) is 29.5 Å². The first-order chi connectivity index (χ1) is 7.38. The number of carbonyl (C=O) groups excluding carboxylic acids is 1. The van der Waals surface area contributed by atoms with E-state index in [0.717, 1.165) is 0 Å². The Kier molecular flexibility index (Phi) is 3.81. The first kappa shape index (κ1) is 12.8. The van der Waals surface area contributed by atoms with Crippen LogP contribution in [0.4, 0.5) is 10.5 Å². The Labute approximate surface area is 101 Å². The molecule has 0 aliphatic carbocycles. The van der Waals surface area contributed by atoms with Crippen LogP contribution in [0.25, 0.3) is 0 Å². The minimum absolute atomic E-state index is 0.391. The van der Waals surface area contributed by atoms with Gasteiger partial charge in [0.05, 0.1) is 17.8 Å². The molecule has 88 valence electrons. The summed E-state index contributed by atoms with van der Waals surface area (Å²) < 4.78 is 4.78. The summed E-state index contributed by atoms with van der Waals surface area (Å²) in [5, 5.41) is 0.530. The van der Waals surface area contributed by atoms with Gasteiger partial charge in [-0.3, -0.25) is 4.90 Å². The molecule has 0 heterocycles. The van der Waals surface area contributed by atoms with Crippen LogP contribution in [-0.2, 0) is 4.74 Å². The minimum Gasteiger partial charge on any atom is -0.452 e. The summed E-state index contributed by atoms with van der Waals surface area (Å²) in [6, 6.07) is 7.20. The second-order valence-corrected chi connectivity index (χ2v) is 4.83. The third-order valence-corrected chi connectivity index (χ3v) is 2.44. The van der Waals surface area contributed by atoms with E-state index < -0.39 is 11.6 Å². The summed E-state index contributed by atoms with van der Waals surface area (Å²) in [5.74, 6) is 0. The number of hydrogen-bond donors (Lipinski definition) is 0. The summed E-state index contributed by atoms with van der Waals surface area (Å²) in [5.41, 5.74) is 0.265. The van der Waals surface area contributed by atoms with Gasteiger partial charge in [0, 0.05) is 5.54 Å². The number of hydrogen-bond acceptors (Lipinski definition) is 2. The zero-order valence-electron chi connectivity index (χ0n) is 9.95. The maximum atomic E-state index is 11.8. The number of nitrogens with zero attached hydrogens (tertiary/aromatic N) is 1. The van der Waals surface area contributed by atoms with E-state index in [4.69, 9.17) is 16.3 Å². The molecule has 1 aromatic rings. The maximum absolute atomic E-state index is 11.8. The van der Waals surface area contributed by atoms with Crippen molar-refractivity contribution in [2.45, 2.75) is 26.3 Å². The quantitative estimate of drug-likeness (QED) is 0.750. The number of ether oxygens (including phenoxy) is 1. The van der Waals surface area contributed by atoms with Crippen LogP contribution in [0, 0.1) is 0 Å². The van der Waals surface area contributed by atoms with Crippen molar-refractivity contribution in [3.05, 3.63) is 29.3 Å². The van der Waals surface area contributed by atoms with E-state index in [2.05, 4.69) is 0 Å². The lowest BCUT2D eigenvalue weighted by molar-refractivity contribution is 0.172. The molecule has 0 unspecified atom stereocenters. The Bertz CT molecular complexity index is 385. The first-order valence-electron chi connectivity index (χ1n) is 5.00. The highest BCUT2D eigenvalue weighted by atomic mass is 35.5. The average Bonchev–Trinajstić information content (AvgIpc) is 2.19. The van der Waals surface area contributed by atoms with Crippen molar-refractivity contribution < 1.29 is 9.53 Å². The Hall–Kier alpha value is -1.22. The molecule has 0 radical (unpaired) electrons. The summed E-state index contributed by atoms with van der Waals surface area (Å²) in [6.07, 6.45) is -0.416. The standard InChI is InChI=1S/C12H16ClNO2/c1-12(2,3)14(11(15)16-4)10-8-6-5-7-9(10)13/h5-8H,1-4H3. The van der Waals surface area contributed by atoms with Gasteiger partial charge in [0.15, 0.2) is 0 Å². The normalized spacial score (nSPS) is 11.1. The van der Waals surface area contributed by atoms with Crippen molar-refractivity contribution in [3.63, 3.8) is 0 Å². The molecule has 1 rings (SSSR count). The largest absolute Gasteiger partial charge is 0.452 e. The fourth-order valence-corrected chi connectivity index (χ4v) is 1.68. The van der Waals surface area contributed by atoms with Gasteiger partial charge in [-0.2, -0.15) is 0 Å². The number of amides is 1. The SMILES string of the molecule is COC(=O)N(c1ccccc1Cl)C(C)(C)C. The number of rotatable bonds is 1. The van der Waals surface area contributed by atoms with Gasteiger partial charge in [-0.25, -0.2) is 4.79 Å². The summed E-state index contributed by atoms with van der Waals surface area (Å²) in [7, 11) is 1.36. The molecule has 0 aromatic heterocycles. The van der Waals surface area contributed by atoms with Crippen molar-refractivity contribution in [1.82, 2.24) is 0 Å². The molecule has 0 bridgehead atoms. The molecule has 0 fully saturated rings. The summed E-state index contributed by atoms with van der Waals surface area (Å²) >= 11 is 6.08. The second-order valence-electron chi connectivity index (χ2n) is 4.43. The smallest absolute Gasteiger partial charge is 0.414 e. The molecule has 3 nitrogen and oxygen atoms in total. The van der Waals surface area contributed by atoms with E-state index in [1.54, 1.807) is 12.1 Å². The number of methoxy groups -OCH3 is 1. The van der Waals surface area contributed by atoms with Gasteiger partial charge in [-0.15, -0.1) is 0 Å². The number of carbonyl (C=O) groups is 1. The van der Waals surface area contributed by atoms with Crippen LogP contribution in [-0.4, -0.2) is 18.7 Å². The fraction of sp³-hybridized carbons (Fsp3) is 0.417. The minimum atomic E-state index is -0.416. The van der Waals surface area contributed by atoms with E-state index in [-0.39, 0.29) is 0 Å². The Balaban J connectivity index is 3.23. The van der Waals surface area contributed by atoms with Gasteiger partial charge in [-0.05, 0) is 32.9 Å². The van der Waals surface area contributed by atoms with Crippen molar-refractivity contribution in [2.24, 2.45) is 0 Å². The first-order valence-corrected chi connectivity index (χ1v) is 5.38. The van der Waals surface area contributed by atoms with E-state index in [1.807, 2.05) is 32.9 Å². The fourth-order valence-electron chi connectivity index (χ4n) is 1.46. The Morgan fingerprint density at radius 3 is 2.31 bits per heavy atom. The lowest BCUT2D eigenvalue weighted by Gasteiger charge is -2.34. The Morgan fingerprint density at radius 1 is 1.31 bits per heavy atom. The molecule has 0 saturated heterocycles. The molecule has 0 saturated carbocycles. The molecule has 16 heavy (non-hydrogen) atoms. The molecular weight excluding hydrogens is 226 g/mol. The molecule has 1 amide bonds. The number of benzene rings is 1. The maximum Gasteiger partial charge on any atom is 0.414 e. The van der Waals surface area contributed by atoms with Crippen LogP contribution in [0.15, 0.2) is 24.3 Å². The molecule has 0 atom stereocenters. The third-order valence-electron chi connectivity index (χ3n) is 2.12. The average molecular weight is 242 g/mol. The van der Waals surface area contributed by atoms with Gasteiger partial charge >= 0.3 is 6.09 Å².